The maximum absolute atomic E-state index is 10.7. The molecule has 4 nitrogen and oxygen atoms in total. The highest BCUT2D eigenvalue weighted by Gasteiger charge is 2.11. The van der Waals surface area contributed by atoms with Crippen molar-refractivity contribution in [1.82, 2.24) is 0 Å². The molecule has 0 saturated heterocycles. The molecule has 0 spiro atoms. The summed E-state index contributed by atoms with van der Waals surface area (Å²) >= 11 is 0. The van der Waals surface area contributed by atoms with Crippen LogP contribution in [0.3, 0.4) is 0 Å². The van der Waals surface area contributed by atoms with Gasteiger partial charge in [-0.2, -0.15) is 0 Å². The highest BCUT2D eigenvalue weighted by Crippen LogP contribution is 2.32. The maximum atomic E-state index is 10.7. The van der Waals surface area contributed by atoms with Gasteiger partial charge in [-0.3, -0.25) is 4.79 Å². The van der Waals surface area contributed by atoms with Crippen LogP contribution in [-0.2, 0) is 11.2 Å². The zero-order chi connectivity index (χ0) is 12.0. The minimum atomic E-state index is 0.391. The van der Waals surface area contributed by atoms with E-state index in [4.69, 9.17) is 9.47 Å². The third kappa shape index (κ3) is 2.59. The SMILES string of the molecule is COc1cc(C=O)cc(CCC=O)c1OC. The van der Waals surface area contributed by atoms with Crippen molar-refractivity contribution in [2.75, 3.05) is 14.2 Å². The third-order valence-corrected chi connectivity index (χ3v) is 2.25. The summed E-state index contributed by atoms with van der Waals surface area (Å²) in [6, 6.07) is 3.31. The van der Waals surface area contributed by atoms with Crippen LogP contribution in [0.1, 0.15) is 22.3 Å². The first-order chi connectivity index (χ1) is 7.76. The van der Waals surface area contributed by atoms with Crippen molar-refractivity contribution in [3.8, 4) is 11.5 Å². The molecule has 0 N–H and O–H groups in total. The van der Waals surface area contributed by atoms with Crippen LogP contribution in [0.15, 0.2) is 12.1 Å². The highest BCUT2D eigenvalue weighted by atomic mass is 16.5. The van der Waals surface area contributed by atoms with E-state index in [1.165, 1.54) is 14.2 Å². The average molecular weight is 222 g/mol. The lowest BCUT2D eigenvalue weighted by molar-refractivity contribution is -0.107. The smallest absolute Gasteiger partial charge is 0.163 e. The Morgan fingerprint density at radius 2 is 1.94 bits per heavy atom. The van der Waals surface area contributed by atoms with E-state index < -0.39 is 0 Å². The monoisotopic (exact) mass is 222 g/mol. The van der Waals surface area contributed by atoms with E-state index in [0.29, 0.717) is 29.9 Å². The molecule has 0 unspecified atom stereocenters. The Morgan fingerprint density at radius 3 is 2.44 bits per heavy atom. The normalized spacial score (nSPS) is 9.62. The Morgan fingerprint density at radius 1 is 1.19 bits per heavy atom. The summed E-state index contributed by atoms with van der Waals surface area (Å²) in [5, 5.41) is 0. The van der Waals surface area contributed by atoms with Crippen LogP contribution < -0.4 is 9.47 Å². The molecule has 0 saturated carbocycles. The molecule has 0 aliphatic carbocycles. The summed E-state index contributed by atoms with van der Waals surface area (Å²) in [7, 11) is 3.04. The summed E-state index contributed by atoms with van der Waals surface area (Å²) in [6.07, 6.45) is 2.50. The largest absolute Gasteiger partial charge is 0.493 e. The minimum Gasteiger partial charge on any atom is -0.493 e. The minimum absolute atomic E-state index is 0.391. The van der Waals surface area contributed by atoms with E-state index in [-0.39, 0.29) is 0 Å². The number of hydrogen-bond acceptors (Lipinski definition) is 4. The lowest BCUT2D eigenvalue weighted by Gasteiger charge is -2.12. The Balaban J connectivity index is 3.19. The number of carbonyl (C=O) groups is 2. The second kappa shape index (κ2) is 5.90. The third-order valence-electron chi connectivity index (χ3n) is 2.25. The van der Waals surface area contributed by atoms with Gasteiger partial charge in [0, 0.05) is 12.0 Å². The molecule has 1 aromatic carbocycles. The summed E-state index contributed by atoms with van der Waals surface area (Å²) in [6.45, 7) is 0. The Labute approximate surface area is 94.2 Å². The van der Waals surface area contributed by atoms with Gasteiger partial charge < -0.3 is 14.3 Å². The topological polar surface area (TPSA) is 52.6 Å². The second-order valence-corrected chi connectivity index (χ2v) is 3.24. The molecule has 0 atom stereocenters. The number of methoxy groups -OCH3 is 2. The predicted octanol–water partition coefficient (Wildman–Crippen LogP) is 1.65. The maximum Gasteiger partial charge on any atom is 0.163 e. The predicted molar refractivity (Wildman–Crippen MR) is 59.3 cm³/mol. The van der Waals surface area contributed by atoms with Crippen molar-refractivity contribution in [2.45, 2.75) is 12.8 Å². The van der Waals surface area contributed by atoms with Gasteiger partial charge in [0.05, 0.1) is 14.2 Å². The van der Waals surface area contributed by atoms with E-state index in [1.54, 1.807) is 12.1 Å². The number of carbonyl (C=O) groups excluding carboxylic acids is 2. The molecule has 0 fully saturated rings. The van der Waals surface area contributed by atoms with Gasteiger partial charge in [-0.05, 0) is 24.1 Å². The average Bonchev–Trinajstić information content (AvgIpc) is 2.34. The molecule has 0 radical (unpaired) electrons. The van der Waals surface area contributed by atoms with Crippen LogP contribution in [0.4, 0.5) is 0 Å². The first-order valence-electron chi connectivity index (χ1n) is 4.90. The number of hydrogen-bond donors (Lipinski definition) is 0. The second-order valence-electron chi connectivity index (χ2n) is 3.24. The molecule has 1 rings (SSSR count). The summed E-state index contributed by atoms with van der Waals surface area (Å²) in [5.74, 6) is 1.09. The van der Waals surface area contributed by atoms with Crippen molar-refractivity contribution in [2.24, 2.45) is 0 Å². The lowest BCUT2D eigenvalue weighted by Crippen LogP contribution is -1.99. The van der Waals surface area contributed by atoms with Crippen LogP contribution >= 0.6 is 0 Å². The first kappa shape index (κ1) is 12.2. The van der Waals surface area contributed by atoms with Crippen LogP contribution in [0, 0.1) is 0 Å². The zero-order valence-electron chi connectivity index (χ0n) is 9.36. The molecule has 0 heterocycles. The number of benzene rings is 1. The summed E-state index contributed by atoms with van der Waals surface area (Å²) in [4.78, 5) is 21.1. The molecule has 0 aliphatic rings. The van der Waals surface area contributed by atoms with Gasteiger partial charge in [-0.1, -0.05) is 0 Å². The van der Waals surface area contributed by atoms with Crippen LogP contribution in [-0.4, -0.2) is 26.8 Å². The fraction of sp³-hybridized carbons (Fsp3) is 0.333. The molecule has 0 aliphatic heterocycles. The van der Waals surface area contributed by atoms with Gasteiger partial charge in [0.25, 0.3) is 0 Å². The van der Waals surface area contributed by atoms with E-state index in [1.807, 2.05) is 0 Å². The zero-order valence-corrected chi connectivity index (χ0v) is 9.36. The molecule has 4 heteroatoms. The number of aldehydes is 2. The van der Waals surface area contributed by atoms with E-state index >= 15 is 0 Å². The van der Waals surface area contributed by atoms with Gasteiger partial charge in [0.1, 0.15) is 12.6 Å². The Hall–Kier alpha value is -1.84. The van der Waals surface area contributed by atoms with Gasteiger partial charge in [0.2, 0.25) is 0 Å². The standard InChI is InChI=1S/C12H14O4/c1-15-11-7-9(8-14)6-10(4-3-5-13)12(11)16-2/h5-8H,3-4H2,1-2H3. The fourth-order valence-corrected chi connectivity index (χ4v) is 1.54. The van der Waals surface area contributed by atoms with Gasteiger partial charge in [-0.15, -0.1) is 0 Å². The molecule has 86 valence electrons. The van der Waals surface area contributed by atoms with Crippen LogP contribution in [0.25, 0.3) is 0 Å². The van der Waals surface area contributed by atoms with Gasteiger partial charge >= 0.3 is 0 Å². The van der Waals surface area contributed by atoms with E-state index in [9.17, 15) is 9.59 Å². The van der Waals surface area contributed by atoms with Crippen molar-refractivity contribution in [3.05, 3.63) is 23.3 Å². The number of aryl methyl sites for hydroxylation is 1. The van der Waals surface area contributed by atoms with E-state index in [0.717, 1.165) is 18.1 Å². The van der Waals surface area contributed by atoms with Crippen LogP contribution in [0.2, 0.25) is 0 Å². The van der Waals surface area contributed by atoms with Crippen LogP contribution in [0.5, 0.6) is 11.5 Å². The molecular weight excluding hydrogens is 208 g/mol. The molecular formula is C12H14O4. The van der Waals surface area contributed by atoms with Crippen molar-refractivity contribution >= 4 is 12.6 Å². The van der Waals surface area contributed by atoms with Crippen molar-refractivity contribution in [3.63, 3.8) is 0 Å². The van der Waals surface area contributed by atoms with Crippen molar-refractivity contribution in [1.29, 1.82) is 0 Å². The van der Waals surface area contributed by atoms with Crippen molar-refractivity contribution < 1.29 is 19.1 Å². The van der Waals surface area contributed by atoms with Gasteiger partial charge in [0.15, 0.2) is 11.5 Å². The molecule has 1 aromatic rings. The molecule has 0 amide bonds. The Bertz CT molecular complexity index is 385. The number of ether oxygens (including phenoxy) is 2. The molecule has 0 bridgehead atoms. The number of rotatable bonds is 6. The lowest BCUT2D eigenvalue weighted by atomic mass is 10.0. The first-order valence-corrected chi connectivity index (χ1v) is 4.90. The molecule has 0 aromatic heterocycles. The fourth-order valence-electron chi connectivity index (χ4n) is 1.54. The summed E-state index contributed by atoms with van der Waals surface area (Å²) < 4.78 is 10.3. The van der Waals surface area contributed by atoms with E-state index in [2.05, 4.69) is 0 Å². The summed E-state index contributed by atoms with van der Waals surface area (Å²) in [5.41, 5.74) is 1.31. The molecule has 16 heavy (non-hydrogen) atoms. The Kier molecular flexibility index (Phi) is 4.51. The highest BCUT2D eigenvalue weighted by molar-refractivity contribution is 5.77. The quantitative estimate of drug-likeness (QED) is 0.687. The van der Waals surface area contributed by atoms with Gasteiger partial charge in [-0.25, -0.2) is 0 Å².